The summed E-state index contributed by atoms with van der Waals surface area (Å²) in [6.07, 6.45) is 3.56. The molecule has 536 valence electrons. The molecule has 6 aliphatic carbocycles. The summed E-state index contributed by atoms with van der Waals surface area (Å²) >= 11 is 0. The lowest BCUT2D eigenvalue weighted by Gasteiger charge is -2.63. The number of hydrogen-bond donors (Lipinski definition) is 8. The molecule has 25 nitrogen and oxygen atoms in total. The number of allylic oxidation sites excluding steroid dienone is 4. The number of anilines is 1. The Balaban J connectivity index is 0.627. The largest absolute Gasteiger partial charge is 0.486 e. The van der Waals surface area contributed by atoms with Crippen LogP contribution in [0.4, 0.5) is 24.1 Å². The van der Waals surface area contributed by atoms with Gasteiger partial charge in [-0.3, -0.25) is 28.8 Å². The fraction of sp³-hybridized carbons (Fsp3) is 0.634. The van der Waals surface area contributed by atoms with Crippen molar-refractivity contribution in [3.8, 4) is 5.75 Å². The van der Waals surface area contributed by atoms with Crippen molar-refractivity contribution in [2.45, 2.75) is 148 Å². The Morgan fingerprint density at radius 3 is 2.08 bits per heavy atom. The molecule has 0 spiro atoms. The number of nitrogens with zero attached hydrogens (tertiary/aromatic N) is 2. The van der Waals surface area contributed by atoms with E-state index in [-0.39, 0.29) is 101 Å². The van der Waals surface area contributed by atoms with E-state index in [4.69, 9.17) is 38.9 Å². The van der Waals surface area contributed by atoms with Crippen LogP contribution in [0, 0.1) is 58.2 Å². The van der Waals surface area contributed by atoms with Gasteiger partial charge in [0.1, 0.15) is 30.7 Å². The number of amides is 5. The molecule has 0 radical (unpaired) electrons. The fourth-order valence-electron chi connectivity index (χ4n) is 15.8. The van der Waals surface area contributed by atoms with Gasteiger partial charge in [-0.25, -0.2) is 18.4 Å². The summed E-state index contributed by atoms with van der Waals surface area (Å²) in [7, 11) is 0. The number of alkyl carbamates (subject to hydrolysis) is 1. The first-order valence-corrected chi connectivity index (χ1v) is 34.3. The predicted octanol–water partition coefficient (Wildman–Crippen LogP) is 6.06. The average molecular weight is 1370 g/mol. The second kappa shape index (κ2) is 33.5. The van der Waals surface area contributed by atoms with Gasteiger partial charge in [0.25, 0.3) is 0 Å². The van der Waals surface area contributed by atoms with Crippen LogP contribution in [-0.2, 0) is 83.1 Å². The molecule has 13 atom stereocenters. The number of carbonyl (C=O) groups is 8. The number of esters is 1. The number of rotatable bonds is 36. The highest BCUT2D eigenvalue weighted by Gasteiger charge is 2.76. The SMILES string of the molecule is CC(C)[C@H](NC(=O)CCOCCOCCOCCOCCNC(=O)OCC1C2CCc3n[nH]nc3CCC21)C(=O)C[C@@H](CCCNC(N)=O)C(=O)Nc1ccc(COC(=O)Cc2ccc(OCC(=O)[C@@]3(O)[C@H](C)C[C@H]4[C@@H]5C[C@H](F)C6=CC(=O)C=C[C@]6(C)[C@@]5(F)[C@@H](O)C[C@@]43C)cc2)cc1. The van der Waals surface area contributed by atoms with Crippen molar-refractivity contribution in [1.29, 1.82) is 0 Å². The van der Waals surface area contributed by atoms with Gasteiger partial charge in [-0.05, 0) is 153 Å². The van der Waals surface area contributed by atoms with Gasteiger partial charge in [0.05, 0.1) is 89.4 Å². The van der Waals surface area contributed by atoms with Gasteiger partial charge in [0, 0.05) is 54.3 Å². The van der Waals surface area contributed by atoms with Crippen molar-refractivity contribution < 1.29 is 90.5 Å². The molecule has 6 aliphatic rings. The number of H-pyrrole nitrogens is 1. The van der Waals surface area contributed by atoms with Gasteiger partial charge in [-0.15, -0.1) is 0 Å². The van der Waals surface area contributed by atoms with Gasteiger partial charge in [0.2, 0.25) is 17.6 Å². The molecule has 27 heteroatoms. The van der Waals surface area contributed by atoms with Crippen molar-refractivity contribution in [3.63, 3.8) is 0 Å². The molecule has 0 saturated heterocycles. The molecule has 4 fully saturated rings. The molecule has 4 saturated carbocycles. The number of ether oxygens (including phenoxy) is 7. The van der Waals surface area contributed by atoms with Crippen LogP contribution < -0.4 is 31.7 Å². The maximum absolute atomic E-state index is 17.6. The standard InChI is InChI=1S/C71H96F2N8O17/c1-42(2)64(78-62(86)21-25-92-27-29-94-31-32-95-30-28-93-26-24-76-67(90)98-40-52-50-16-18-57-58(80-81-79-57)19-17-51(50)52)59(83)35-46(7-6-23-75-66(74)89)65(88)77-47-12-8-45(9-13-47)39-97-63(87)34-44-10-14-49(15-11-44)96-41-61(85)71(91)43(3)33-53-54-37-56(72)55-36-48(82)20-22-68(55,4)70(54,73)60(84)38-69(53,71)5/h8-15,20,22,36,42-43,46,50-54,56,60,64,84,91H,6-7,16-19,21,23-35,37-41H2,1-5H3,(H,76,90)(H,77,88)(H,78,86)(H3,74,75,89)(H,79,80,81)/t43-,46-,50?,51?,52?,53+,54+,56+,60+,64+,68+,69+,70+,71+/m1/s1. The number of aryl methyl sites for hydroxylation is 2. The molecule has 9 rings (SSSR count). The molecule has 1 heterocycles. The van der Waals surface area contributed by atoms with E-state index in [0.29, 0.717) is 87.2 Å². The number of aromatic nitrogens is 3. The van der Waals surface area contributed by atoms with E-state index in [1.807, 2.05) is 0 Å². The highest BCUT2D eigenvalue weighted by molar-refractivity contribution is 6.01. The number of aromatic amines is 1. The van der Waals surface area contributed by atoms with E-state index in [1.54, 1.807) is 76.2 Å². The third kappa shape index (κ3) is 17.7. The Labute approximate surface area is 569 Å². The van der Waals surface area contributed by atoms with Gasteiger partial charge < -0.3 is 70.4 Å². The number of Topliss-reactive ketones (excluding diaryl/α,β-unsaturated/α-hetero) is 2. The Kier molecular flexibility index (Phi) is 25.5. The van der Waals surface area contributed by atoms with Crippen molar-refractivity contribution >= 4 is 52.9 Å². The number of aliphatic hydroxyl groups excluding tert-OH is 1. The quantitative estimate of drug-likeness (QED) is 0.0242. The van der Waals surface area contributed by atoms with Gasteiger partial charge in [0.15, 0.2) is 17.2 Å². The molecule has 2 unspecified atom stereocenters. The zero-order valence-electron chi connectivity index (χ0n) is 56.6. The Hall–Kier alpha value is -7.56. The van der Waals surface area contributed by atoms with E-state index in [9.17, 15) is 48.6 Å². The number of hydrogen-bond acceptors (Lipinski definition) is 19. The van der Waals surface area contributed by atoms with E-state index < -0.39 is 112 Å². The highest BCUT2D eigenvalue weighted by Crippen LogP contribution is 2.71. The van der Waals surface area contributed by atoms with Gasteiger partial charge in [-0.2, -0.15) is 15.4 Å². The third-order valence-corrected chi connectivity index (χ3v) is 21.2. The van der Waals surface area contributed by atoms with Gasteiger partial charge in [-0.1, -0.05) is 58.0 Å². The number of nitrogens with two attached hydrogens (primary N) is 1. The first kappa shape index (κ1) is 74.7. The monoisotopic (exact) mass is 1370 g/mol. The molecule has 5 amide bonds. The molecule has 9 N–H and O–H groups in total. The predicted molar refractivity (Wildman–Crippen MR) is 351 cm³/mol. The fourth-order valence-corrected chi connectivity index (χ4v) is 15.8. The maximum atomic E-state index is 17.6. The van der Waals surface area contributed by atoms with Crippen molar-refractivity contribution in [3.05, 3.63) is 94.8 Å². The number of halogens is 2. The lowest BCUT2D eigenvalue weighted by Crippen LogP contribution is -2.70. The zero-order chi connectivity index (χ0) is 70.4. The normalized spacial score (nSPS) is 28.0. The molecular weight excluding hydrogens is 1270 g/mol. The lowest BCUT2D eigenvalue weighted by atomic mass is 9.44. The minimum atomic E-state index is -2.35. The summed E-state index contributed by atoms with van der Waals surface area (Å²) in [6, 6.07) is 11.3. The number of urea groups is 1. The summed E-state index contributed by atoms with van der Waals surface area (Å²) in [5.74, 6) is -4.68. The molecule has 1 aromatic heterocycles. The third-order valence-electron chi connectivity index (χ3n) is 21.2. The first-order valence-electron chi connectivity index (χ1n) is 34.3. The number of fused-ring (bicyclic) bond motifs is 7. The van der Waals surface area contributed by atoms with E-state index >= 15 is 8.78 Å². The topological polar surface area (TPSA) is 357 Å². The number of benzene rings is 2. The zero-order valence-corrected chi connectivity index (χ0v) is 56.6. The summed E-state index contributed by atoms with van der Waals surface area (Å²) in [5, 5.41) is 46.1. The minimum Gasteiger partial charge on any atom is -0.486 e. The summed E-state index contributed by atoms with van der Waals surface area (Å²) in [5.41, 5.74) is 1.61. The minimum absolute atomic E-state index is 0.00852. The molecule has 0 bridgehead atoms. The Morgan fingerprint density at radius 2 is 1.44 bits per heavy atom. The van der Waals surface area contributed by atoms with Gasteiger partial charge >= 0.3 is 18.1 Å². The molecule has 2 aromatic carbocycles. The second-order valence-electron chi connectivity index (χ2n) is 27.7. The van der Waals surface area contributed by atoms with Crippen LogP contribution in [0.15, 0.2) is 72.3 Å². The number of nitrogens with one attached hydrogen (secondary N) is 5. The number of alkyl halides is 2. The second-order valence-corrected chi connectivity index (χ2v) is 27.7. The summed E-state index contributed by atoms with van der Waals surface area (Å²) < 4.78 is 72.7. The van der Waals surface area contributed by atoms with E-state index in [1.165, 1.54) is 19.1 Å². The van der Waals surface area contributed by atoms with Crippen molar-refractivity contribution in [2.75, 3.05) is 84.5 Å². The van der Waals surface area contributed by atoms with Crippen LogP contribution in [0.1, 0.15) is 115 Å². The molecular formula is C71H96F2N8O17. The van der Waals surface area contributed by atoms with Crippen LogP contribution in [0.5, 0.6) is 5.75 Å². The van der Waals surface area contributed by atoms with Crippen molar-refractivity contribution in [1.82, 2.24) is 31.4 Å². The number of primary amides is 1. The van der Waals surface area contributed by atoms with Crippen LogP contribution in [0.25, 0.3) is 0 Å². The maximum Gasteiger partial charge on any atom is 0.407 e. The van der Waals surface area contributed by atoms with Crippen LogP contribution in [0.2, 0.25) is 0 Å². The van der Waals surface area contributed by atoms with E-state index in [0.717, 1.165) is 43.1 Å². The smallest absolute Gasteiger partial charge is 0.407 e. The number of aliphatic hydroxyl groups is 2. The summed E-state index contributed by atoms with van der Waals surface area (Å²) in [4.78, 5) is 104. The van der Waals surface area contributed by atoms with Crippen LogP contribution >= 0.6 is 0 Å². The number of carbonyl (C=O) groups excluding carboxylic acids is 8. The number of ketones is 3. The van der Waals surface area contributed by atoms with Crippen molar-refractivity contribution in [2.24, 2.45) is 63.9 Å². The van der Waals surface area contributed by atoms with Crippen LogP contribution in [-0.4, -0.2) is 182 Å². The first-order chi connectivity index (χ1) is 46.9. The van der Waals surface area contributed by atoms with E-state index in [2.05, 4.69) is 36.7 Å². The summed E-state index contributed by atoms with van der Waals surface area (Å²) in [6.45, 7) is 10.9. The molecule has 3 aromatic rings. The van der Waals surface area contributed by atoms with Crippen LogP contribution in [0.3, 0.4) is 0 Å². The molecule has 98 heavy (non-hydrogen) atoms. The highest BCUT2D eigenvalue weighted by atomic mass is 19.1. The Bertz CT molecular complexity index is 3320. The average Bonchev–Trinajstić information content (AvgIpc) is 1.34. The Morgan fingerprint density at radius 1 is 0.806 bits per heavy atom. The lowest BCUT2D eigenvalue weighted by molar-refractivity contribution is -0.223. The molecule has 0 aliphatic heterocycles.